The molecule has 2 rings (SSSR count). The summed E-state index contributed by atoms with van der Waals surface area (Å²) < 4.78 is 0. The summed E-state index contributed by atoms with van der Waals surface area (Å²) in [6, 6.07) is 2.28. The van der Waals surface area contributed by atoms with Crippen LogP contribution in [0.15, 0.2) is 11.1 Å². The van der Waals surface area contributed by atoms with E-state index in [0.29, 0.717) is 17.7 Å². The van der Waals surface area contributed by atoms with E-state index in [9.17, 15) is 4.79 Å². The van der Waals surface area contributed by atoms with Crippen molar-refractivity contribution in [3.05, 3.63) is 17.6 Å². The van der Waals surface area contributed by atoms with Crippen LogP contribution in [0, 0.1) is 19.8 Å². The summed E-state index contributed by atoms with van der Waals surface area (Å²) >= 11 is 1.48. The highest BCUT2D eigenvalue weighted by atomic mass is 32.2. The second-order valence-electron chi connectivity index (χ2n) is 5.62. The van der Waals surface area contributed by atoms with Gasteiger partial charge in [-0.1, -0.05) is 31.5 Å². The maximum atomic E-state index is 12.0. The third-order valence-corrected chi connectivity index (χ3v) is 4.66. The highest BCUT2D eigenvalue weighted by Gasteiger charge is 2.22. The summed E-state index contributed by atoms with van der Waals surface area (Å²) in [6.07, 6.45) is 4.86. The van der Waals surface area contributed by atoms with Crippen molar-refractivity contribution in [1.29, 1.82) is 0 Å². The number of aryl methyl sites for hydroxylation is 2. The number of thioether (sulfide) groups is 1. The molecular weight excluding hydrogens is 270 g/mol. The quantitative estimate of drug-likeness (QED) is 0.685. The summed E-state index contributed by atoms with van der Waals surface area (Å²) in [6.45, 7) is 6.05. The highest BCUT2D eigenvalue weighted by molar-refractivity contribution is 7.99. The van der Waals surface area contributed by atoms with Gasteiger partial charge in [0, 0.05) is 11.7 Å². The summed E-state index contributed by atoms with van der Waals surface area (Å²) in [4.78, 5) is 20.6. The first-order valence-electron chi connectivity index (χ1n) is 7.29. The Morgan fingerprint density at radius 1 is 1.35 bits per heavy atom. The molecule has 20 heavy (non-hydrogen) atoms. The van der Waals surface area contributed by atoms with E-state index in [0.717, 1.165) is 23.0 Å². The first-order chi connectivity index (χ1) is 9.54. The van der Waals surface area contributed by atoms with Crippen molar-refractivity contribution in [3.8, 4) is 0 Å². The molecular formula is C15H23N3OS. The van der Waals surface area contributed by atoms with Gasteiger partial charge in [0.1, 0.15) is 10.9 Å². The Balaban J connectivity index is 1.82. The van der Waals surface area contributed by atoms with Crippen molar-refractivity contribution in [2.24, 2.45) is 5.92 Å². The Labute approximate surface area is 125 Å². The fraction of sp³-hybridized carbons (Fsp3) is 0.667. The zero-order chi connectivity index (χ0) is 14.5. The molecule has 0 radical (unpaired) electrons. The van der Waals surface area contributed by atoms with Gasteiger partial charge in [0.15, 0.2) is 0 Å². The van der Waals surface area contributed by atoms with E-state index >= 15 is 0 Å². The van der Waals surface area contributed by atoms with Crippen LogP contribution < -0.4 is 5.32 Å². The molecule has 2 atom stereocenters. The van der Waals surface area contributed by atoms with E-state index < -0.39 is 0 Å². The largest absolute Gasteiger partial charge is 0.352 e. The molecule has 110 valence electrons. The normalized spacial score (nSPS) is 22.6. The van der Waals surface area contributed by atoms with Gasteiger partial charge in [-0.15, -0.1) is 0 Å². The number of carbonyl (C=O) groups excluding carboxylic acids is 1. The van der Waals surface area contributed by atoms with Gasteiger partial charge in [-0.25, -0.2) is 9.97 Å². The van der Waals surface area contributed by atoms with Crippen molar-refractivity contribution >= 4 is 17.7 Å². The Kier molecular flexibility index (Phi) is 5.40. The van der Waals surface area contributed by atoms with Crippen LogP contribution in [0.2, 0.25) is 0 Å². The average Bonchev–Trinajstić information content (AvgIpc) is 2.38. The third-order valence-electron chi connectivity index (χ3n) is 3.75. The van der Waals surface area contributed by atoms with Crippen LogP contribution in [0.3, 0.4) is 0 Å². The number of amides is 1. The smallest absolute Gasteiger partial charge is 0.230 e. The lowest BCUT2D eigenvalue weighted by molar-refractivity contribution is -0.119. The van der Waals surface area contributed by atoms with Gasteiger partial charge in [0.05, 0.1) is 5.75 Å². The lowest BCUT2D eigenvalue weighted by atomic mass is 9.86. The molecule has 4 nitrogen and oxygen atoms in total. The van der Waals surface area contributed by atoms with E-state index in [1.807, 2.05) is 19.9 Å². The first kappa shape index (κ1) is 15.3. The molecule has 0 saturated heterocycles. The summed E-state index contributed by atoms with van der Waals surface area (Å²) in [5.74, 6) is 1.90. The molecule has 0 aliphatic heterocycles. The maximum Gasteiger partial charge on any atom is 0.230 e. The molecule has 1 fully saturated rings. The Morgan fingerprint density at radius 2 is 2.10 bits per heavy atom. The number of hydrogen-bond donors (Lipinski definition) is 1. The standard InChI is InChI=1S/C15H23N3OS/c1-10-6-4-5-7-13(10)18-14(19)9-20-15-8-11(2)16-12(3)17-15/h8,10,13H,4-7,9H2,1-3H3,(H,18,19). The number of aromatic nitrogens is 2. The second-order valence-corrected chi connectivity index (χ2v) is 6.61. The zero-order valence-corrected chi connectivity index (χ0v) is 13.3. The van der Waals surface area contributed by atoms with Gasteiger partial charge in [-0.3, -0.25) is 4.79 Å². The molecule has 1 aliphatic carbocycles. The van der Waals surface area contributed by atoms with Crippen LogP contribution in [0.5, 0.6) is 0 Å². The minimum atomic E-state index is 0.114. The van der Waals surface area contributed by atoms with Gasteiger partial charge >= 0.3 is 0 Å². The second kappa shape index (κ2) is 7.07. The summed E-state index contributed by atoms with van der Waals surface area (Å²) in [5, 5.41) is 4.04. The van der Waals surface area contributed by atoms with E-state index in [1.54, 1.807) is 0 Å². The lowest BCUT2D eigenvalue weighted by Crippen LogP contribution is -2.41. The van der Waals surface area contributed by atoms with E-state index in [2.05, 4.69) is 22.2 Å². The van der Waals surface area contributed by atoms with Crippen LogP contribution in [-0.4, -0.2) is 27.7 Å². The van der Waals surface area contributed by atoms with Gasteiger partial charge < -0.3 is 5.32 Å². The molecule has 1 aromatic heterocycles. The predicted octanol–water partition coefficient (Wildman–Crippen LogP) is 2.88. The monoisotopic (exact) mass is 293 g/mol. The minimum absolute atomic E-state index is 0.114. The fourth-order valence-electron chi connectivity index (χ4n) is 2.68. The average molecular weight is 293 g/mol. The molecule has 1 N–H and O–H groups in total. The SMILES string of the molecule is Cc1cc(SCC(=O)NC2CCCCC2C)nc(C)n1. The van der Waals surface area contributed by atoms with E-state index in [-0.39, 0.29) is 5.91 Å². The lowest BCUT2D eigenvalue weighted by Gasteiger charge is -2.29. The van der Waals surface area contributed by atoms with Crippen LogP contribution in [0.1, 0.15) is 44.1 Å². The molecule has 1 heterocycles. The van der Waals surface area contributed by atoms with Gasteiger partial charge in [0.25, 0.3) is 0 Å². The van der Waals surface area contributed by atoms with Crippen molar-refractivity contribution < 1.29 is 4.79 Å². The molecule has 0 spiro atoms. The van der Waals surface area contributed by atoms with Crippen LogP contribution >= 0.6 is 11.8 Å². The van der Waals surface area contributed by atoms with E-state index in [4.69, 9.17) is 0 Å². The van der Waals surface area contributed by atoms with Crippen molar-refractivity contribution in [2.45, 2.75) is 57.5 Å². The molecule has 1 aromatic rings. The van der Waals surface area contributed by atoms with Gasteiger partial charge in [0.2, 0.25) is 5.91 Å². The first-order valence-corrected chi connectivity index (χ1v) is 8.27. The molecule has 5 heteroatoms. The number of nitrogens with one attached hydrogen (secondary N) is 1. The maximum absolute atomic E-state index is 12.0. The predicted molar refractivity (Wildman–Crippen MR) is 81.8 cm³/mol. The Hall–Kier alpha value is -1.10. The molecule has 1 saturated carbocycles. The number of nitrogens with zero attached hydrogens (tertiary/aromatic N) is 2. The third kappa shape index (κ3) is 4.47. The van der Waals surface area contributed by atoms with Crippen LogP contribution in [-0.2, 0) is 4.79 Å². The molecule has 1 aliphatic rings. The Morgan fingerprint density at radius 3 is 2.80 bits per heavy atom. The van der Waals surface area contributed by atoms with Crippen molar-refractivity contribution in [1.82, 2.24) is 15.3 Å². The summed E-state index contributed by atoms with van der Waals surface area (Å²) in [5.41, 5.74) is 0.946. The van der Waals surface area contributed by atoms with Crippen molar-refractivity contribution in [3.63, 3.8) is 0 Å². The minimum Gasteiger partial charge on any atom is -0.352 e. The molecule has 1 amide bonds. The number of hydrogen-bond acceptors (Lipinski definition) is 4. The van der Waals surface area contributed by atoms with E-state index in [1.165, 1.54) is 31.0 Å². The Bertz CT molecular complexity index is 458. The zero-order valence-electron chi connectivity index (χ0n) is 12.5. The van der Waals surface area contributed by atoms with Crippen LogP contribution in [0.4, 0.5) is 0 Å². The highest BCUT2D eigenvalue weighted by Crippen LogP contribution is 2.24. The molecule has 0 aromatic carbocycles. The van der Waals surface area contributed by atoms with Crippen LogP contribution in [0.25, 0.3) is 0 Å². The number of rotatable bonds is 4. The molecule has 0 bridgehead atoms. The van der Waals surface area contributed by atoms with Gasteiger partial charge in [-0.2, -0.15) is 0 Å². The van der Waals surface area contributed by atoms with Crippen molar-refractivity contribution in [2.75, 3.05) is 5.75 Å². The number of carbonyl (C=O) groups is 1. The fourth-order valence-corrected chi connectivity index (χ4v) is 3.49. The molecule has 2 unspecified atom stereocenters. The topological polar surface area (TPSA) is 54.9 Å². The summed E-state index contributed by atoms with van der Waals surface area (Å²) in [7, 11) is 0. The van der Waals surface area contributed by atoms with Gasteiger partial charge in [-0.05, 0) is 38.7 Å².